The molecular weight excluding hydrogens is 256 g/mol. The van der Waals surface area contributed by atoms with Crippen molar-refractivity contribution in [2.45, 2.75) is 18.3 Å². The standard InChI is InChI=1S/C10H11BrN4/c11-7-10-8-15(14-13-10)6-4-9-3-1-2-5-12-9/h1-3,5,8H,4,6-7H2. The van der Waals surface area contributed by atoms with Crippen molar-refractivity contribution >= 4 is 15.9 Å². The van der Waals surface area contributed by atoms with Crippen LogP contribution in [0, 0.1) is 0 Å². The fourth-order valence-corrected chi connectivity index (χ4v) is 1.54. The number of hydrogen-bond donors (Lipinski definition) is 0. The van der Waals surface area contributed by atoms with E-state index in [4.69, 9.17) is 0 Å². The molecule has 0 aliphatic heterocycles. The van der Waals surface area contributed by atoms with Gasteiger partial charge in [-0.05, 0) is 12.1 Å². The lowest BCUT2D eigenvalue weighted by molar-refractivity contribution is 0.584. The third-order valence-corrected chi connectivity index (χ3v) is 2.62. The Morgan fingerprint density at radius 1 is 1.27 bits per heavy atom. The number of aryl methyl sites for hydroxylation is 2. The second kappa shape index (κ2) is 5.02. The number of rotatable bonds is 4. The molecule has 15 heavy (non-hydrogen) atoms. The minimum atomic E-state index is 0.747. The van der Waals surface area contributed by atoms with Gasteiger partial charge in [-0.3, -0.25) is 9.67 Å². The Labute approximate surface area is 96.5 Å². The SMILES string of the molecule is BrCc1cn(CCc2ccccn2)nn1. The van der Waals surface area contributed by atoms with E-state index in [9.17, 15) is 0 Å². The number of pyridine rings is 1. The van der Waals surface area contributed by atoms with Crippen molar-refractivity contribution in [1.82, 2.24) is 20.0 Å². The fraction of sp³-hybridized carbons (Fsp3) is 0.300. The van der Waals surface area contributed by atoms with Gasteiger partial charge in [0.1, 0.15) is 0 Å². The zero-order chi connectivity index (χ0) is 10.5. The van der Waals surface area contributed by atoms with Crippen LogP contribution >= 0.6 is 15.9 Å². The Balaban J connectivity index is 1.93. The van der Waals surface area contributed by atoms with E-state index in [-0.39, 0.29) is 0 Å². The Morgan fingerprint density at radius 2 is 2.20 bits per heavy atom. The summed E-state index contributed by atoms with van der Waals surface area (Å²) in [6.07, 6.45) is 4.63. The van der Waals surface area contributed by atoms with Crippen molar-refractivity contribution < 1.29 is 0 Å². The molecule has 2 aromatic rings. The molecule has 0 aliphatic rings. The van der Waals surface area contributed by atoms with Crippen molar-refractivity contribution in [3.05, 3.63) is 42.0 Å². The molecule has 5 heteroatoms. The van der Waals surface area contributed by atoms with Crippen LogP contribution in [0.2, 0.25) is 0 Å². The summed E-state index contributed by atoms with van der Waals surface area (Å²) in [5.41, 5.74) is 2.03. The minimum absolute atomic E-state index is 0.747. The Morgan fingerprint density at radius 3 is 2.87 bits per heavy atom. The summed E-state index contributed by atoms with van der Waals surface area (Å²) >= 11 is 3.34. The molecular formula is C10H11BrN4. The van der Waals surface area contributed by atoms with Gasteiger partial charge >= 0.3 is 0 Å². The maximum absolute atomic E-state index is 4.25. The van der Waals surface area contributed by atoms with Crippen molar-refractivity contribution in [1.29, 1.82) is 0 Å². The highest BCUT2D eigenvalue weighted by atomic mass is 79.9. The van der Waals surface area contributed by atoms with E-state index in [1.54, 1.807) is 6.20 Å². The topological polar surface area (TPSA) is 43.6 Å². The highest BCUT2D eigenvalue weighted by Crippen LogP contribution is 2.01. The lowest BCUT2D eigenvalue weighted by Gasteiger charge is -1.99. The maximum Gasteiger partial charge on any atom is 0.0932 e. The molecule has 0 bridgehead atoms. The van der Waals surface area contributed by atoms with E-state index in [1.165, 1.54) is 0 Å². The number of aromatic nitrogens is 4. The first kappa shape index (κ1) is 10.3. The summed E-state index contributed by atoms with van der Waals surface area (Å²) in [6, 6.07) is 5.93. The molecule has 0 saturated carbocycles. The molecule has 0 N–H and O–H groups in total. The number of nitrogens with zero attached hydrogens (tertiary/aromatic N) is 4. The van der Waals surface area contributed by atoms with Crippen molar-refractivity contribution in [2.24, 2.45) is 0 Å². The molecule has 0 aliphatic carbocycles. The predicted molar refractivity (Wildman–Crippen MR) is 60.6 cm³/mol. The van der Waals surface area contributed by atoms with Gasteiger partial charge in [-0.25, -0.2) is 0 Å². The van der Waals surface area contributed by atoms with Gasteiger partial charge in [-0.1, -0.05) is 27.2 Å². The van der Waals surface area contributed by atoms with E-state index < -0.39 is 0 Å². The summed E-state index contributed by atoms with van der Waals surface area (Å²) in [6.45, 7) is 0.816. The molecule has 2 heterocycles. The van der Waals surface area contributed by atoms with Gasteiger partial charge in [0.15, 0.2) is 0 Å². The third-order valence-electron chi connectivity index (χ3n) is 2.05. The maximum atomic E-state index is 4.25. The second-order valence-electron chi connectivity index (χ2n) is 3.18. The Kier molecular flexibility index (Phi) is 3.45. The first-order valence-electron chi connectivity index (χ1n) is 4.73. The van der Waals surface area contributed by atoms with Gasteiger partial charge < -0.3 is 0 Å². The first-order valence-corrected chi connectivity index (χ1v) is 5.85. The quantitative estimate of drug-likeness (QED) is 0.793. The van der Waals surface area contributed by atoms with Crippen LogP contribution in [0.1, 0.15) is 11.4 Å². The lowest BCUT2D eigenvalue weighted by atomic mass is 10.3. The highest BCUT2D eigenvalue weighted by Gasteiger charge is 1.99. The van der Waals surface area contributed by atoms with Gasteiger partial charge in [0.05, 0.1) is 5.69 Å². The summed E-state index contributed by atoms with van der Waals surface area (Å²) in [7, 11) is 0. The van der Waals surface area contributed by atoms with Crippen LogP contribution in [-0.2, 0) is 18.3 Å². The molecule has 0 radical (unpaired) electrons. The van der Waals surface area contributed by atoms with Crippen LogP contribution in [0.5, 0.6) is 0 Å². The molecule has 0 aromatic carbocycles. The highest BCUT2D eigenvalue weighted by molar-refractivity contribution is 9.08. The fourth-order valence-electron chi connectivity index (χ4n) is 1.28. The zero-order valence-electron chi connectivity index (χ0n) is 8.17. The van der Waals surface area contributed by atoms with Gasteiger partial charge in [0.2, 0.25) is 0 Å². The van der Waals surface area contributed by atoms with Crippen LogP contribution in [0.25, 0.3) is 0 Å². The smallest absolute Gasteiger partial charge is 0.0932 e. The summed E-state index contributed by atoms with van der Waals surface area (Å²) in [5.74, 6) is 0. The van der Waals surface area contributed by atoms with Gasteiger partial charge in [-0.15, -0.1) is 5.10 Å². The number of hydrogen-bond acceptors (Lipinski definition) is 3. The van der Waals surface area contributed by atoms with E-state index >= 15 is 0 Å². The molecule has 0 atom stereocenters. The van der Waals surface area contributed by atoms with Crippen LogP contribution in [0.4, 0.5) is 0 Å². The van der Waals surface area contributed by atoms with Crippen molar-refractivity contribution in [3.63, 3.8) is 0 Å². The van der Waals surface area contributed by atoms with E-state index in [0.29, 0.717) is 0 Å². The van der Waals surface area contributed by atoms with Crippen LogP contribution < -0.4 is 0 Å². The zero-order valence-corrected chi connectivity index (χ0v) is 9.76. The average molecular weight is 267 g/mol. The Bertz CT molecular complexity index is 412. The van der Waals surface area contributed by atoms with E-state index in [0.717, 1.165) is 29.7 Å². The van der Waals surface area contributed by atoms with E-state index in [1.807, 2.05) is 29.1 Å². The molecule has 0 unspecified atom stereocenters. The molecule has 4 nitrogen and oxygen atoms in total. The molecule has 2 rings (SSSR count). The average Bonchev–Trinajstić information content (AvgIpc) is 2.76. The summed E-state index contributed by atoms with van der Waals surface area (Å²) < 4.78 is 1.84. The second-order valence-corrected chi connectivity index (χ2v) is 3.74. The number of alkyl halides is 1. The van der Waals surface area contributed by atoms with Gasteiger partial charge in [0.25, 0.3) is 0 Å². The largest absolute Gasteiger partial charge is 0.261 e. The Hall–Kier alpha value is -1.23. The summed E-state index contributed by atoms with van der Waals surface area (Å²) in [5, 5.41) is 8.75. The third kappa shape index (κ3) is 2.86. The molecule has 0 fully saturated rings. The van der Waals surface area contributed by atoms with Crippen LogP contribution in [-0.4, -0.2) is 20.0 Å². The molecule has 0 saturated heterocycles. The van der Waals surface area contributed by atoms with Crippen LogP contribution in [0.15, 0.2) is 30.6 Å². The van der Waals surface area contributed by atoms with Gasteiger partial charge in [-0.2, -0.15) is 0 Å². The van der Waals surface area contributed by atoms with Crippen molar-refractivity contribution in [3.8, 4) is 0 Å². The monoisotopic (exact) mass is 266 g/mol. The van der Waals surface area contributed by atoms with E-state index in [2.05, 4.69) is 31.2 Å². The lowest BCUT2D eigenvalue weighted by Crippen LogP contribution is -2.03. The summed E-state index contributed by atoms with van der Waals surface area (Å²) in [4.78, 5) is 4.25. The number of halogens is 1. The normalized spacial score (nSPS) is 10.5. The van der Waals surface area contributed by atoms with Gasteiger partial charge in [0, 0.05) is 36.4 Å². The first-order chi connectivity index (χ1) is 7.38. The molecule has 2 aromatic heterocycles. The molecule has 78 valence electrons. The minimum Gasteiger partial charge on any atom is -0.261 e. The molecule has 0 amide bonds. The van der Waals surface area contributed by atoms with Crippen molar-refractivity contribution in [2.75, 3.05) is 0 Å². The predicted octanol–water partition coefficient (Wildman–Crippen LogP) is 1.81. The molecule has 0 spiro atoms. The van der Waals surface area contributed by atoms with Crippen LogP contribution in [0.3, 0.4) is 0 Å².